The molecule has 1 saturated carbocycles. The summed E-state index contributed by atoms with van der Waals surface area (Å²) in [6.07, 6.45) is 1.97. The van der Waals surface area contributed by atoms with Crippen molar-refractivity contribution in [3.05, 3.63) is 70.0 Å². The molecule has 2 aromatic heterocycles. The van der Waals surface area contributed by atoms with E-state index in [0.29, 0.717) is 35.5 Å². The minimum Gasteiger partial charge on any atom is -0.497 e. The summed E-state index contributed by atoms with van der Waals surface area (Å²) in [5.41, 5.74) is 2.90. The number of carbonyl (C=O) groups is 2. The third-order valence-electron chi connectivity index (χ3n) is 11.0. The van der Waals surface area contributed by atoms with Crippen molar-refractivity contribution in [1.29, 1.82) is 0 Å². The van der Waals surface area contributed by atoms with Gasteiger partial charge in [-0.1, -0.05) is 25.3 Å². The molecule has 0 spiro atoms. The van der Waals surface area contributed by atoms with E-state index < -0.39 is 44.5 Å². The second-order valence-electron chi connectivity index (χ2n) is 14.9. The largest absolute Gasteiger partial charge is 0.497 e. The lowest BCUT2D eigenvalue weighted by molar-refractivity contribution is -0.141. The van der Waals surface area contributed by atoms with Crippen LogP contribution in [0.25, 0.3) is 33.8 Å². The lowest BCUT2D eigenvalue weighted by Gasteiger charge is -2.32. The number of amides is 2. The van der Waals surface area contributed by atoms with E-state index in [1.54, 1.807) is 19.2 Å². The Morgan fingerprint density at radius 2 is 1.67 bits per heavy atom. The van der Waals surface area contributed by atoms with Crippen molar-refractivity contribution in [3.8, 4) is 17.0 Å². The van der Waals surface area contributed by atoms with Crippen LogP contribution in [0, 0.1) is 0 Å². The van der Waals surface area contributed by atoms with Gasteiger partial charge in [-0.05, 0) is 92.8 Å². The Labute approximate surface area is 312 Å². The summed E-state index contributed by atoms with van der Waals surface area (Å²) in [4.78, 5) is 31.2. The van der Waals surface area contributed by atoms with Gasteiger partial charge in [-0.2, -0.15) is 18.3 Å². The molecule has 0 atom stereocenters. The number of ether oxygens (including phenoxy) is 1. The molecule has 0 unspecified atom stereocenters. The maximum absolute atomic E-state index is 14.8. The fraction of sp³-hybridized carbons (Fsp3) is 0.462. The van der Waals surface area contributed by atoms with Crippen LogP contribution in [-0.2, 0) is 29.8 Å². The topological polar surface area (TPSA) is 119 Å². The van der Waals surface area contributed by atoms with Gasteiger partial charge in [0.2, 0.25) is 10.0 Å². The molecule has 0 radical (unpaired) electrons. The molecule has 2 aliphatic heterocycles. The second-order valence-corrected chi connectivity index (χ2v) is 17.1. The summed E-state index contributed by atoms with van der Waals surface area (Å²) in [5.74, 6) is -0.803. The van der Waals surface area contributed by atoms with Gasteiger partial charge >= 0.3 is 6.18 Å². The predicted molar refractivity (Wildman–Crippen MR) is 201 cm³/mol. The van der Waals surface area contributed by atoms with Crippen LogP contribution < -0.4 is 9.46 Å². The van der Waals surface area contributed by atoms with Gasteiger partial charge < -0.3 is 19.1 Å². The molecule has 1 saturated heterocycles. The number of hydrogen-bond acceptors (Lipinski definition) is 7. The number of hydrogen-bond donors (Lipinski definition) is 1. The Bertz CT molecular complexity index is 2280. The first-order chi connectivity index (χ1) is 25.6. The number of sulfonamides is 1. The van der Waals surface area contributed by atoms with Gasteiger partial charge in [-0.3, -0.25) is 14.3 Å². The molecule has 11 nitrogen and oxygen atoms in total. The van der Waals surface area contributed by atoms with Crippen molar-refractivity contribution in [3.63, 3.8) is 0 Å². The summed E-state index contributed by atoms with van der Waals surface area (Å²) in [7, 11) is 0.934. The number of rotatable bonds is 7. The van der Waals surface area contributed by atoms with E-state index in [4.69, 9.17) is 4.74 Å². The number of halogens is 3. The monoisotopic (exact) mass is 766 g/mol. The number of alkyl halides is 3. The van der Waals surface area contributed by atoms with Crippen LogP contribution >= 0.6 is 0 Å². The lowest BCUT2D eigenvalue weighted by atomic mass is 9.81. The molecule has 3 aliphatic rings. The number of fused-ring (bicyclic) bond motifs is 5. The highest BCUT2D eigenvalue weighted by Gasteiger charge is 2.43. The minimum absolute atomic E-state index is 0.0325. The van der Waals surface area contributed by atoms with Crippen LogP contribution in [0.3, 0.4) is 0 Å². The quantitative estimate of drug-likeness (QED) is 0.228. The fourth-order valence-electron chi connectivity index (χ4n) is 8.09. The smallest absolute Gasteiger partial charge is 0.435 e. The van der Waals surface area contributed by atoms with Gasteiger partial charge in [0.05, 0.1) is 35.9 Å². The zero-order chi connectivity index (χ0) is 38.7. The number of methoxy groups -OCH3 is 1. The third-order valence-corrected chi connectivity index (χ3v) is 12.7. The van der Waals surface area contributed by atoms with Gasteiger partial charge in [0.15, 0.2) is 5.69 Å². The SMILES string of the molecule is COc1ccc2c(c1)C=C(c1c(C(=O)N3CCN(C)CC3)c(C(F)(F)F)nn1C)Cn1c-2c(C2CCCCC2)c2ccc(C(=O)NS(=O)(=O)C(C)C)cc21. The predicted octanol–water partition coefficient (Wildman–Crippen LogP) is 6.53. The van der Waals surface area contributed by atoms with E-state index in [2.05, 4.69) is 9.82 Å². The van der Waals surface area contributed by atoms with Crippen molar-refractivity contribution in [2.45, 2.75) is 69.8 Å². The molecular formula is C39H45F3N6O5S. The molecule has 2 aromatic carbocycles. The normalized spacial score (nSPS) is 17.3. The summed E-state index contributed by atoms with van der Waals surface area (Å²) in [6, 6.07) is 10.7. The first-order valence-corrected chi connectivity index (χ1v) is 19.9. The molecule has 1 N–H and O–H groups in total. The highest BCUT2D eigenvalue weighted by molar-refractivity contribution is 7.90. The summed E-state index contributed by atoms with van der Waals surface area (Å²) >= 11 is 0. The Balaban J connectivity index is 1.49. The molecule has 288 valence electrons. The number of nitrogens with zero attached hydrogens (tertiary/aromatic N) is 5. The Kier molecular flexibility index (Phi) is 9.92. The van der Waals surface area contributed by atoms with Crippen molar-refractivity contribution in [2.24, 2.45) is 7.05 Å². The van der Waals surface area contributed by atoms with Gasteiger partial charge in [0.25, 0.3) is 11.8 Å². The zero-order valence-corrected chi connectivity index (χ0v) is 31.9. The molecule has 1 aliphatic carbocycles. The molecule has 2 fully saturated rings. The Morgan fingerprint density at radius 1 is 0.963 bits per heavy atom. The van der Waals surface area contributed by atoms with Crippen molar-refractivity contribution in [1.82, 2.24) is 28.9 Å². The minimum atomic E-state index is -4.90. The number of allylic oxidation sites excluding steroid dienone is 1. The number of carbonyl (C=O) groups excluding carboxylic acids is 2. The zero-order valence-electron chi connectivity index (χ0n) is 31.1. The van der Waals surface area contributed by atoms with Crippen LogP contribution in [0.15, 0.2) is 36.4 Å². The Hall–Kier alpha value is -4.63. The molecule has 0 bridgehead atoms. The molecule has 4 heterocycles. The molecule has 15 heteroatoms. The molecular weight excluding hydrogens is 722 g/mol. The van der Waals surface area contributed by atoms with E-state index >= 15 is 0 Å². The van der Waals surface area contributed by atoms with Crippen LogP contribution in [0.2, 0.25) is 0 Å². The van der Waals surface area contributed by atoms with E-state index in [9.17, 15) is 31.2 Å². The van der Waals surface area contributed by atoms with E-state index in [1.807, 2.05) is 46.9 Å². The Morgan fingerprint density at radius 3 is 2.31 bits per heavy atom. The first kappa shape index (κ1) is 37.7. The fourth-order valence-corrected chi connectivity index (χ4v) is 8.71. The second kappa shape index (κ2) is 14.2. The van der Waals surface area contributed by atoms with Crippen LogP contribution in [0.4, 0.5) is 13.2 Å². The number of nitrogens with one attached hydrogen (secondary N) is 1. The van der Waals surface area contributed by atoms with Crippen molar-refractivity contribution in [2.75, 3.05) is 40.3 Å². The number of benzene rings is 2. The van der Waals surface area contributed by atoms with Gasteiger partial charge in [0, 0.05) is 55.3 Å². The maximum atomic E-state index is 14.8. The highest BCUT2D eigenvalue weighted by atomic mass is 32.2. The lowest BCUT2D eigenvalue weighted by Crippen LogP contribution is -2.47. The standard InChI is InChI=1S/C39H45F3N6O5S/c1-23(2)54(51,52)44-37(49)25-11-13-30-31(21-25)48-22-27(19-26-20-28(53-5)12-14-29(26)35(48)32(30)24-9-7-6-8-10-24)34-33(36(39(40,41)42)43-46(34)4)38(50)47-17-15-45(3)16-18-47/h11-14,19-21,23-24H,6-10,15-18,22H2,1-5H3,(H,44,49). The number of piperazine rings is 1. The number of aromatic nitrogens is 3. The average molecular weight is 767 g/mol. The van der Waals surface area contributed by atoms with E-state index in [0.717, 1.165) is 59.0 Å². The molecule has 54 heavy (non-hydrogen) atoms. The van der Waals surface area contributed by atoms with Crippen molar-refractivity contribution >= 4 is 44.4 Å². The van der Waals surface area contributed by atoms with Gasteiger partial charge in [-0.25, -0.2) is 13.1 Å². The molecule has 2 amide bonds. The van der Waals surface area contributed by atoms with Crippen LogP contribution in [0.5, 0.6) is 5.75 Å². The first-order valence-electron chi connectivity index (χ1n) is 18.3. The van der Waals surface area contributed by atoms with Gasteiger partial charge in [-0.15, -0.1) is 0 Å². The molecule has 7 rings (SSSR count). The summed E-state index contributed by atoms with van der Waals surface area (Å²) < 4.78 is 80.7. The van der Waals surface area contributed by atoms with E-state index in [1.165, 1.54) is 25.8 Å². The summed E-state index contributed by atoms with van der Waals surface area (Å²) in [5, 5.41) is 3.98. The van der Waals surface area contributed by atoms with Crippen molar-refractivity contribution < 1.29 is 35.9 Å². The highest BCUT2D eigenvalue weighted by Crippen LogP contribution is 2.48. The third kappa shape index (κ3) is 6.80. The maximum Gasteiger partial charge on any atom is 0.435 e. The number of likely N-dealkylation sites (N-methyl/N-ethyl adjacent to an activating group) is 1. The van der Waals surface area contributed by atoms with Crippen LogP contribution in [0.1, 0.15) is 95.1 Å². The van der Waals surface area contributed by atoms with E-state index in [-0.39, 0.29) is 36.8 Å². The van der Waals surface area contributed by atoms with Gasteiger partial charge in [0.1, 0.15) is 5.75 Å². The van der Waals surface area contributed by atoms with Crippen LogP contribution in [-0.4, -0.2) is 90.0 Å². The number of aryl methyl sites for hydroxylation is 1. The molecule has 4 aromatic rings. The summed E-state index contributed by atoms with van der Waals surface area (Å²) in [6.45, 7) is 4.58. The average Bonchev–Trinajstić information content (AvgIpc) is 3.60.